The van der Waals surface area contributed by atoms with Crippen LogP contribution in [-0.4, -0.2) is 65.8 Å². The van der Waals surface area contributed by atoms with Crippen molar-refractivity contribution in [2.75, 3.05) is 37.7 Å². The first kappa shape index (κ1) is 19.6. The van der Waals surface area contributed by atoms with E-state index in [0.717, 1.165) is 62.6 Å². The van der Waals surface area contributed by atoms with Gasteiger partial charge in [-0.1, -0.05) is 30.3 Å². The fraction of sp³-hybridized carbons (Fsp3) is 0.500. The monoisotopic (exact) mass is 395 g/mol. The van der Waals surface area contributed by atoms with Crippen LogP contribution >= 0.6 is 0 Å². The molecule has 1 aromatic carbocycles. The molecule has 2 aliphatic heterocycles. The van der Waals surface area contributed by atoms with E-state index in [2.05, 4.69) is 27.3 Å². The van der Waals surface area contributed by atoms with Gasteiger partial charge in [-0.05, 0) is 32.3 Å². The standard InChI is InChI=1S/C22H29N5O2/c1-2-29-22(28)26-13-9-18(10-14-26)24-19-11-15-27(16-19)21-23-12-8-20(25-21)17-6-4-3-5-7-17/h3-8,12,18-19,24H,2,9-11,13-16H2,1H3. The number of rotatable bonds is 5. The molecule has 2 aromatic rings. The Morgan fingerprint density at radius 3 is 2.62 bits per heavy atom. The van der Waals surface area contributed by atoms with Gasteiger partial charge >= 0.3 is 6.09 Å². The van der Waals surface area contributed by atoms with Gasteiger partial charge in [0.05, 0.1) is 12.3 Å². The molecule has 0 aliphatic carbocycles. The van der Waals surface area contributed by atoms with Crippen molar-refractivity contribution >= 4 is 12.0 Å². The van der Waals surface area contributed by atoms with E-state index in [9.17, 15) is 4.79 Å². The molecule has 1 aromatic heterocycles. The van der Waals surface area contributed by atoms with Crippen molar-refractivity contribution in [3.05, 3.63) is 42.6 Å². The van der Waals surface area contributed by atoms with E-state index in [0.29, 0.717) is 18.7 Å². The molecule has 1 atom stereocenters. The Balaban J connectivity index is 1.30. The summed E-state index contributed by atoms with van der Waals surface area (Å²) in [7, 11) is 0. The second-order valence-electron chi connectivity index (χ2n) is 7.67. The lowest BCUT2D eigenvalue weighted by molar-refractivity contribution is 0.0944. The Kier molecular flexibility index (Phi) is 6.24. The Morgan fingerprint density at radius 1 is 1.10 bits per heavy atom. The summed E-state index contributed by atoms with van der Waals surface area (Å²) >= 11 is 0. The van der Waals surface area contributed by atoms with E-state index in [1.54, 1.807) is 0 Å². The zero-order valence-corrected chi connectivity index (χ0v) is 17.0. The van der Waals surface area contributed by atoms with Crippen LogP contribution in [0.1, 0.15) is 26.2 Å². The fourth-order valence-corrected chi connectivity index (χ4v) is 4.13. The minimum Gasteiger partial charge on any atom is -0.450 e. The van der Waals surface area contributed by atoms with E-state index in [4.69, 9.17) is 9.72 Å². The van der Waals surface area contributed by atoms with E-state index in [1.165, 1.54) is 0 Å². The van der Waals surface area contributed by atoms with Crippen LogP contribution < -0.4 is 10.2 Å². The summed E-state index contributed by atoms with van der Waals surface area (Å²) in [6, 6.07) is 13.0. The minimum absolute atomic E-state index is 0.187. The summed E-state index contributed by atoms with van der Waals surface area (Å²) in [5, 5.41) is 3.78. The number of piperidine rings is 1. The highest BCUT2D eigenvalue weighted by molar-refractivity contribution is 5.67. The van der Waals surface area contributed by atoms with Crippen molar-refractivity contribution in [3.8, 4) is 11.3 Å². The lowest BCUT2D eigenvalue weighted by Gasteiger charge is -2.33. The van der Waals surface area contributed by atoms with Gasteiger partial charge in [0.25, 0.3) is 0 Å². The SMILES string of the molecule is CCOC(=O)N1CCC(NC2CCN(c3nccc(-c4ccccc4)n3)C2)CC1. The van der Waals surface area contributed by atoms with Gasteiger partial charge in [0.1, 0.15) is 0 Å². The number of hydrogen-bond acceptors (Lipinski definition) is 6. The van der Waals surface area contributed by atoms with E-state index in [1.807, 2.05) is 42.3 Å². The molecule has 0 spiro atoms. The molecule has 7 heteroatoms. The average Bonchev–Trinajstić information content (AvgIpc) is 3.24. The smallest absolute Gasteiger partial charge is 0.409 e. The van der Waals surface area contributed by atoms with Crippen molar-refractivity contribution < 1.29 is 9.53 Å². The number of carbonyl (C=O) groups excluding carboxylic acids is 1. The fourth-order valence-electron chi connectivity index (χ4n) is 4.13. The van der Waals surface area contributed by atoms with Gasteiger partial charge in [-0.25, -0.2) is 14.8 Å². The van der Waals surface area contributed by atoms with Gasteiger partial charge < -0.3 is 19.9 Å². The van der Waals surface area contributed by atoms with E-state index >= 15 is 0 Å². The summed E-state index contributed by atoms with van der Waals surface area (Å²) in [4.78, 5) is 25.2. The molecule has 3 heterocycles. The molecule has 1 amide bonds. The summed E-state index contributed by atoms with van der Waals surface area (Å²) in [6.45, 7) is 5.66. The number of amides is 1. The normalized spacial score (nSPS) is 20.1. The van der Waals surface area contributed by atoms with Crippen LogP contribution in [0, 0.1) is 0 Å². The molecular formula is C22H29N5O2. The van der Waals surface area contributed by atoms with Gasteiger partial charge in [0.15, 0.2) is 0 Å². The summed E-state index contributed by atoms with van der Waals surface area (Å²) in [6.07, 6.45) is 4.67. The number of hydrogen-bond donors (Lipinski definition) is 1. The lowest BCUT2D eigenvalue weighted by Crippen LogP contribution is -2.48. The second-order valence-corrected chi connectivity index (χ2v) is 7.67. The first-order chi connectivity index (χ1) is 14.2. The Labute approximate surface area is 172 Å². The third-order valence-electron chi connectivity index (χ3n) is 5.68. The summed E-state index contributed by atoms with van der Waals surface area (Å²) < 4.78 is 5.10. The molecule has 7 nitrogen and oxygen atoms in total. The number of carbonyl (C=O) groups is 1. The summed E-state index contributed by atoms with van der Waals surface area (Å²) in [5.74, 6) is 0.799. The average molecular weight is 396 g/mol. The van der Waals surface area contributed by atoms with Crippen LogP contribution in [-0.2, 0) is 4.74 Å². The van der Waals surface area contributed by atoms with Crippen LogP contribution in [0.2, 0.25) is 0 Å². The third kappa shape index (κ3) is 4.85. The molecule has 2 saturated heterocycles. The predicted octanol–water partition coefficient (Wildman–Crippen LogP) is 2.93. The predicted molar refractivity (Wildman–Crippen MR) is 113 cm³/mol. The number of likely N-dealkylation sites (tertiary alicyclic amines) is 1. The van der Waals surface area contributed by atoms with Gasteiger partial charge in [-0.15, -0.1) is 0 Å². The van der Waals surface area contributed by atoms with Crippen LogP contribution in [0.25, 0.3) is 11.3 Å². The number of ether oxygens (including phenoxy) is 1. The maximum absolute atomic E-state index is 11.8. The lowest BCUT2D eigenvalue weighted by atomic mass is 10.0. The summed E-state index contributed by atoms with van der Waals surface area (Å²) in [5.41, 5.74) is 2.07. The molecular weight excluding hydrogens is 366 g/mol. The molecule has 154 valence electrons. The number of anilines is 1. The van der Waals surface area contributed by atoms with Gasteiger partial charge in [0.2, 0.25) is 5.95 Å². The molecule has 1 unspecified atom stereocenters. The van der Waals surface area contributed by atoms with Crippen molar-refractivity contribution in [1.29, 1.82) is 0 Å². The van der Waals surface area contributed by atoms with Gasteiger partial charge in [-0.2, -0.15) is 0 Å². The zero-order valence-electron chi connectivity index (χ0n) is 17.0. The van der Waals surface area contributed by atoms with Crippen LogP contribution in [0.4, 0.5) is 10.7 Å². The third-order valence-corrected chi connectivity index (χ3v) is 5.68. The van der Waals surface area contributed by atoms with Crippen LogP contribution in [0.15, 0.2) is 42.6 Å². The molecule has 29 heavy (non-hydrogen) atoms. The second kappa shape index (κ2) is 9.22. The van der Waals surface area contributed by atoms with Crippen molar-refractivity contribution in [2.24, 2.45) is 0 Å². The van der Waals surface area contributed by atoms with E-state index < -0.39 is 0 Å². The molecule has 1 N–H and O–H groups in total. The molecule has 2 aliphatic rings. The molecule has 0 saturated carbocycles. The minimum atomic E-state index is -0.187. The largest absolute Gasteiger partial charge is 0.450 e. The topological polar surface area (TPSA) is 70.6 Å². The highest BCUT2D eigenvalue weighted by Crippen LogP contribution is 2.22. The van der Waals surface area contributed by atoms with Crippen LogP contribution in [0.5, 0.6) is 0 Å². The Hall–Kier alpha value is -2.67. The maximum Gasteiger partial charge on any atom is 0.409 e. The molecule has 0 bridgehead atoms. The first-order valence-corrected chi connectivity index (χ1v) is 10.5. The Bertz CT molecular complexity index is 808. The quantitative estimate of drug-likeness (QED) is 0.839. The van der Waals surface area contributed by atoms with Crippen molar-refractivity contribution in [2.45, 2.75) is 38.3 Å². The van der Waals surface area contributed by atoms with Crippen molar-refractivity contribution in [3.63, 3.8) is 0 Å². The van der Waals surface area contributed by atoms with Gasteiger partial charge in [0, 0.05) is 50.0 Å². The number of benzene rings is 1. The number of nitrogens with one attached hydrogen (secondary N) is 1. The Morgan fingerprint density at radius 2 is 1.86 bits per heavy atom. The highest BCUT2D eigenvalue weighted by atomic mass is 16.6. The maximum atomic E-state index is 11.8. The molecule has 0 radical (unpaired) electrons. The van der Waals surface area contributed by atoms with Gasteiger partial charge in [-0.3, -0.25) is 0 Å². The zero-order chi connectivity index (χ0) is 20.1. The first-order valence-electron chi connectivity index (χ1n) is 10.5. The number of aromatic nitrogens is 2. The molecule has 2 fully saturated rings. The van der Waals surface area contributed by atoms with Crippen molar-refractivity contribution in [1.82, 2.24) is 20.2 Å². The molecule has 4 rings (SSSR count). The van der Waals surface area contributed by atoms with Crippen LogP contribution in [0.3, 0.4) is 0 Å². The number of nitrogens with zero attached hydrogens (tertiary/aromatic N) is 4. The van der Waals surface area contributed by atoms with E-state index in [-0.39, 0.29) is 6.09 Å². The highest BCUT2D eigenvalue weighted by Gasteiger charge is 2.29.